The number of nitrogens with one attached hydrogen (secondary N) is 1. The van der Waals surface area contributed by atoms with E-state index in [1.165, 1.54) is 0 Å². The van der Waals surface area contributed by atoms with Crippen molar-refractivity contribution in [3.63, 3.8) is 0 Å². The van der Waals surface area contributed by atoms with Crippen molar-refractivity contribution in [1.82, 2.24) is 4.90 Å². The molecule has 0 spiro atoms. The molecule has 0 saturated heterocycles. The highest BCUT2D eigenvalue weighted by Gasteiger charge is 2.07. The van der Waals surface area contributed by atoms with E-state index in [4.69, 9.17) is 11.6 Å². The highest BCUT2D eigenvalue weighted by atomic mass is 35.5. The first-order chi connectivity index (χ1) is 8.06. The number of halogens is 1. The minimum absolute atomic E-state index is 0.00591. The Hall–Kier alpha value is -1.06. The van der Waals surface area contributed by atoms with Crippen molar-refractivity contribution in [2.75, 3.05) is 25.0 Å². The van der Waals surface area contributed by atoms with Gasteiger partial charge in [-0.2, -0.15) is 0 Å². The summed E-state index contributed by atoms with van der Waals surface area (Å²) in [6.07, 6.45) is 0. The van der Waals surface area contributed by atoms with E-state index in [1.54, 1.807) is 6.07 Å². The normalized spacial score (nSPS) is 10.6. The zero-order valence-electron chi connectivity index (χ0n) is 10.6. The fourth-order valence-corrected chi connectivity index (χ4v) is 1.70. The van der Waals surface area contributed by atoms with Gasteiger partial charge in [-0.05, 0) is 37.7 Å². The molecule has 94 valence electrons. The summed E-state index contributed by atoms with van der Waals surface area (Å²) in [5.74, 6) is -0.00591. The number of anilines is 1. The predicted molar refractivity (Wildman–Crippen MR) is 72.6 cm³/mol. The lowest BCUT2D eigenvalue weighted by Gasteiger charge is -2.17. The van der Waals surface area contributed by atoms with Gasteiger partial charge >= 0.3 is 0 Å². The van der Waals surface area contributed by atoms with Crippen molar-refractivity contribution >= 4 is 23.2 Å². The lowest BCUT2D eigenvalue weighted by Crippen LogP contribution is -2.32. The van der Waals surface area contributed by atoms with E-state index in [2.05, 4.69) is 10.2 Å². The number of benzene rings is 1. The largest absolute Gasteiger partial charge is 0.325 e. The van der Waals surface area contributed by atoms with Crippen molar-refractivity contribution in [2.45, 2.75) is 20.8 Å². The molecule has 3 nitrogen and oxygen atoms in total. The van der Waals surface area contributed by atoms with Crippen molar-refractivity contribution in [1.29, 1.82) is 0 Å². The molecule has 1 rings (SSSR count). The summed E-state index contributed by atoms with van der Waals surface area (Å²) in [7, 11) is 0. The maximum atomic E-state index is 11.7. The van der Waals surface area contributed by atoms with Gasteiger partial charge in [0.1, 0.15) is 0 Å². The predicted octanol–water partition coefficient (Wildman–Crippen LogP) is 2.93. The molecular formula is C13H19ClN2O. The molecular weight excluding hydrogens is 236 g/mol. The second kappa shape index (κ2) is 6.62. The van der Waals surface area contributed by atoms with Gasteiger partial charge < -0.3 is 5.32 Å². The Morgan fingerprint density at radius 3 is 2.53 bits per heavy atom. The van der Waals surface area contributed by atoms with Crippen LogP contribution in [-0.4, -0.2) is 30.4 Å². The number of rotatable bonds is 5. The topological polar surface area (TPSA) is 32.3 Å². The number of aryl methyl sites for hydroxylation is 1. The van der Waals surface area contributed by atoms with Gasteiger partial charge in [-0.15, -0.1) is 0 Å². The molecule has 1 aromatic carbocycles. The number of amides is 1. The monoisotopic (exact) mass is 254 g/mol. The molecule has 0 aromatic heterocycles. The average Bonchev–Trinajstić information content (AvgIpc) is 2.31. The van der Waals surface area contributed by atoms with Gasteiger partial charge in [-0.3, -0.25) is 9.69 Å². The van der Waals surface area contributed by atoms with E-state index < -0.39 is 0 Å². The lowest BCUT2D eigenvalue weighted by atomic mass is 10.2. The Balaban J connectivity index is 2.58. The molecule has 0 aliphatic carbocycles. The van der Waals surface area contributed by atoms with Crippen molar-refractivity contribution in [2.24, 2.45) is 0 Å². The molecule has 0 bridgehead atoms. The molecule has 0 unspecified atom stereocenters. The van der Waals surface area contributed by atoms with Crippen LogP contribution in [0.2, 0.25) is 5.02 Å². The zero-order valence-corrected chi connectivity index (χ0v) is 11.3. The molecule has 1 N–H and O–H groups in total. The molecule has 1 amide bonds. The number of carbonyl (C=O) groups is 1. The molecule has 0 aliphatic rings. The van der Waals surface area contributed by atoms with Crippen LogP contribution < -0.4 is 5.32 Å². The number of likely N-dealkylation sites (N-methyl/N-ethyl adjacent to an activating group) is 1. The van der Waals surface area contributed by atoms with Gasteiger partial charge in [0.2, 0.25) is 5.91 Å². The summed E-state index contributed by atoms with van der Waals surface area (Å²) in [6, 6.07) is 5.54. The lowest BCUT2D eigenvalue weighted by molar-refractivity contribution is -0.117. The summed E-state index contributed by atoms with van der Waals surface area (Å²) in [5, 5.41) is 3.52. The van der Waals surface area contributed by atoms with Crippen LogP contribution >= 0.6 is 11.6 Å². The fourth-order valence-electron chi connectivity index (χ4n) is 1.52. The van der Waals surface area contributed by atoms with Crippen molar-refractivity contribution in [3.05, 3.63) is 28.8 Å². The number of nitrogens with zero attached hydrogens (tertiary/aromatic N) is 1. The van der Waals surface area contributed by atoms with E-state index >= 15 is 0 Å². The average molecular weight is 255 g/mol. The van der Waals surface area contributed by atoms with E-state index in [0.717, 1.165) is 24.3 Å². The summed E-state index contributed by atoms with van der Waals surface area (Å²) in [5.41, 5.74) is 1.76. The minimum atomic E-state index is -0.00591. The molecule has 1 aromatic rings. The third-order valence-electron chi connectivity index (χ3n) is 2.72. The Bertz CT molecular complexity index is 389. The molecule has 0 radical (unpaired) electrons. The van der Waals surface area contributed by atoms with Gasteiger partial charge in [0, 0.05) is 10.7 Å². The number of hydrogen-bond donors (Lipinski definition) is 1. The van der Waals surface area contributed by atoms with Crippen molar-refractivity contribution in [3.8, 4) is 0 Å². The van der Waals surface area contributed by atoms with Crippen LogP contribution in [-0.2, 0) is 4.79 Å². The second-order valence-corrected chi connectivity index (χ2v) is 4.38. The number of hydrogen-bond acceptors (Lipinski definition) is 2. The fraction of sp³-hybridized carbons (Fsp3) is 0.462. The van der Waals surface area contributed by atoms with E-state index in [0.29, 0.717) is 11.6 Å². The molecule has 4 heteroatoms. The van der Waals surface area contributed by atoms with Gasteiger partial charge in [-0.25, -0.2) is 0 Å². The van der Waals surface area contributed by atoms with Crippen LogP contribution in [0.4, 0.5) is 5.69 Å². The first-order valence-corrected chi connectivity index (χ1v) is 6.23. The molecule has 17 heavy (non-hydrogen) atoms. The van der Waals surface area contributed by atoms with E-state index in [1.807, 2.05) is 32.9 Å². The Morgan fingerprint density at radius 1 is 1.35 bits per heavy atom. The highest BCUT2D eigenvalue weighted by molar-refractivity contribution is 6.31. The van der Waals surface area contributed by atoms with E-state index in [-0.39, 0.29) is 5.91 Å². The second-order valence-electron chi connectivity index (χ2n) is 3.97. The summed E-state index contributed by atoms with van der Waals surface area (Å²) < 4.78 is 0. The third kappa shape index (κ3) is 4.36. The molecule has 0 saturated carbocycles. The first-order valence-electron chi connectivity index (χ1n) is 5.85. The SMILES string of the molecule is CCN(CC)CC(=O)Nc1ccc(C)c(Cl)c1. The first kappa shape index (κ1) is 14.0. The van der Waals surface area contributed by atoms with Crippen molar-refractivity contribution < 1.29 is 4.79 Å². The quantitative estimate of drug-likeness (QED) is 0.876. The van der Waals surface area contributed by atoms with Crippen LogP contribution in [0.5, 0.6) is 0 Å². The highest BCUT2D eigenvalue weighted by Crippen LogP contribution is 2.19. The third-order valence-corrected chi connectivity index (χ3v) is 3.12. The Morgan fingerprint density at radius 2 is 2.00 bits per heavy atom. The van der Waals surface area contributed by atoms with Gasteiger partial charge in [0.25, 0.3) is 0 Å². The van der Waals surface area contributed by atoms with Gasteiger partial charge in [0.05, 0.1) is 6.54 Å². The van der Waals surface area contributed by atoms with Crippen LogP contribution in [0.25, 0.3) is 0 Å². The standard InChI is InChI=1S/C13H19ClN2O/c1-4-16(5-2)9-13(17)15-11-7-6-10(3)12(14)8-11/h6-8H,4-5,9H2,1-3H3,(H,15,17). The maximum absolute atomic E-state index is 11.7. The smallest absolute Gasteiger partial charge is 0.238 e. The Labute approximate surface area is 108 Å². The van der Waals surface area contributed by atoms with Gasteiger partial charge in [-0.1, -0.05) is 31.5 Å². The summed E-state index contributed by atoms with van der Waals surface area (Å²) in [4.78, 5) is 13.8. The van der Waals surface area contributed by atoms with Crippen LogP contribution in [0.3, 0.4) is 0 Å². The molecule has 0 atom stereocenters. The Kier molecular flexibility index (Phi) is 5.45. The minimum Gasteiger partial charge on any atom is -0.325 e. The van der Waals surface area contributed by atoms with Gasteiger partial charge in [0.15, 0.2) is 0 Å². The van der Waals surface area contributed by atoms with Crippen LogP contribution in [0, 0.1) is 6.92 Å². The zero-order chi connectivity index (χ0) is 12.8. The number of carbonyl (C=O) groups excluding carboxylic acids is 1. The summed E-state index contributed by atoms with van der Waals surface area (Å²) >= 11 is 6.00. The maximum Gasteiger partial charge on any atom is 0.238 e. The summed E-state index contributed by atoms with van der Waals surface area (Å²) in [6.45, 7) is 8.18. The van der Waals surface area contributed by atoms with Crippen LogP contribution in [0.1, 0.15) is 19.4 Å². The van der Waals surface area contributed by atoms with Crippen LogP contribution in [0.15, 0.2) is 18.2 Å². The molecule has 0 aliphatic heterocycles. The molecule has 0 heterocycles. The molecule has 0 fully saturated rings. The van der Waals surface area contributed by atoms with E-state index in [9.17, 15) is 4.79 Å².